The number of rotatable bonds is 3. The Morgan fingerprint density at radius 1 is 1.44 bits per heavy atom. The summed E-state index contributed by atoms with van der Waals surface area (Å²) in [6.45, 7) is 2.54. The number of carbonyl (C=O) groups excluding carboxylic acids is 2. The second-order valence-electron chi connectivity index (χ2n) is 4.50. The predicted octanol–water partition coefficient (Wildman–Crippen LogP) is 0.648. The molecule has 1 aliphatic rings. The number of anilines is 1. The Kier molecular flexibility index (Phi) is 3.50. The molecule has 0 bridgehead atoms. The minimum atomic E-state index is -0.661. The van der Waals surface area contributed by atoms with E-state index in [0.717, 1.165) is 30.6 Å². The molecule has 96 valence electrons. The first kappa shape index (κ1) is 12.4. The third kappa shape index (κ3) is 2.61. The zero-order valence-corrected chi connectivity index (χ0v) is 10.3. The second kappa shape index (κ2) is 5.08. The molecule has 5 nitrogen and oxygen atoms in total. The molecule has 0 radical (unpaired) electrons. The van der Waals surface area contributed by atoms with Gasteiger partial charge < -0.3 is 16.4 Å². The highest BCUT2D eigenvalue weighted by Crippen LogP contribution is 2.22. The molecule has 1 aromatic carbocycles. The molecule has 2 rings (SSSR count). The summed E-state index contributed by atoms with van der Waals surface area (Å²) in [5.74, 6) is -0.808. The van der Waals surface area contributed by atoms with Gasteiger partial charge in [0.15, 0.2) is 0 Å². The van der Waals surface area contributed by atoms with Crippen molar-refractivity contribution in [3.8, 4) is 0 Å². The summed E-state index contributed by atoms with van der Waals surface area (Å²) < 4.78 is 0. The van der Waals surface area contributed by atoms with Crippen molar-refractivity contribution in [1.29, 1.82) is 0 Å². The summed E-state index contributed by atoms with van der Waals surface area (Å²) in [4.78, 5) is 22.8. The molecule has 1 heterocycles. The van der Waals surface area contributed by atoms with Crippen LogP contribution < -0.4 is 16.4 Å². The van der Waals surface area contributed by atoms with Gasteiger partial charge in [0.25, 0.3) is 5.91 Å². The fraction of sp³-hybridized carbons (Fsp3) is 0.385. The number of amides is 2. The van der Waals surface area contributed by atoms with E-state index in [1.165, 1.54) is 0 Å². The maximum absolute atomic E-state index is 11.9. The molecule has 0 spiro atoms. The number of fused-ring (bicyclic) bond motifs is 1. The normalized spacial score (nSPS) is 15.2. The Bertz CT molecular complexity index is 485. The molecule has 4 N–H and O–H groups in total. The van der Waals surface area contributed by atoms with Crippen LogP contribution in [-0.2, 0) is 11.2 Å². The number of primary amides is 1. The monoisotopic (exact) mass is 247 g/mol. The van der Waals surface area contributed by atoms with Gasteiger partial charge in [-0.1, -0.05) is 0 Å². The molecule has 1 atom stereocenters. The average molecular weight is 247 g/mol. The van der Waals surface area contributed by atoms with E-state index < -0.39 is 11.9 Å². The first-order chi connectivity index (χ1) is 8.58. The van der Waals surface area contributed by atoms with E-state index >= 15 is 0 Å². The first-order valence-electron chi connectivity index (χ1n) is 6.05. The number of benzene rings is 1. The van der Waals surface area contributed by atoms with Gasteiger partial charge in [-0.3, -0.25) is 9.59 Å². The van der Waals surface area contributed by atoms with Gasteiger partial charge in [0.1, 0.15) is 6.04 Å². The Hall–Kier alpha value is -2.04. The molecule has 2 amide bonds. The summed E-state index contributed by atoms with van der Waals surface area (Å²) in [7, 11) is 0. The number of nitrogens with two attached hydrogens (primary N) is 1. The topological polar surface area (TPSA) is 84.2 Å². The van der Waals surface area contributed by atoms with Crippen molar-refractivity contribution in [2.75, 3.05) is 11.9 Å². The highest BCUT2D eigenvalue weighted by molar-refractivity contribution is 5.97. The van der Waals surface area contributed by atoms with Crippen molar-refractivity contribution < 1.29 is 9.59 Å². The van der Waals surface area contributed by atoms with Crippen LogP contribution in [0, 0.1) is 0 Å². The fourth-order valence-corrected chi connectivity index (χ4v) is 1.97. The highest BCUT2D eigenvalue weighted by Gasteiger charge is 2.16. The largest absolute Gasteiger partial charge is 0.385 e. The van der Waals surface area contributed by atoms with Crippen molar-refractivity contribution in [2.24, 2.45) is 5.73 Å². The lowest BCUT2D eigenvalue weighted by molar-refractivity contribution is -0.119. The molecule has 0 saturated heterocycles. The smallest absolute Gasteiger partial charge is 0.251 e. The molecule has 0 saturated carbocycles. The lowest BCUT2D eigenvalue weighted by atomic mass is 10.0. The molecule has 0 aliphatic carbocycles. The van der Waals surface area contributed by atoms with Gasteiger partial charge in [-0.15, -0.1) is 0 Å². The van der Waals surface area contributed by atoms with Gasteiger partial charge in [0, 0.05) is 17.8 Å². The fourth-order valence-electron chi connectivity index (χ4n) is 1.97. The average Bonchev–Trinajstić information content (AvgIpc) is 2.37. The standard InChI is InChI=1S/C13H17N3O2/c1-8(12(14)17)16-13(18)10-4-5-11-9(7-10)3-2-6-15-11/h4-5,7-8,15H,2-3,6H2,1H3,(H2,14,17)(H,16,18). The molecule has 1 aromatic rings. The highest BCUT2D eigenvalue weighted by atomic mass is 16.2. The first-order valence-corrected chi connectivity index (χ1v) is 6.05. The van der Waals surface area contributed by atoms with Crippen molar-refractivity contribution in [3.05, 3.63) is 29.3 Å². The van der Waals surface area contributed by atoms with Crippen molar-refractivity contribution >= 4 is 17.5 Å². The van der Waals surface area contributed by atoms with Gasteiger partial charge in [0.2, 0.25) is 5.91 Å². The van der Waals surface area contributed by atoms with Crippen LogP contribution in [0.25, 0.3) is 0 Å². The zero-order valence-electron chi connectivity index (χ0n) is 10.3. The second-order valence-corrected chi connectivity index (χ2v) is 4.50. The van der Waals surface area contributed by atoms with Crippen LogP contribution in [0.3, 0.4) is 0 Å². The van der Waals surface area contributed by atoms with Crippen molar-refractivity contribution in [1.82, 2.24) is 5.32 Å². The van der Waals surface area contributed by atoms with Gasteiger partial charge >= 0.3 is 0 Å². The molecule has 0 aromatic heterocycles. The maximum atomic E-state index is 11.9. The summed E-state index contributed by atoms with van der Waals surface area (Å²) in [6.07, 6.45) is 2.03. The van der Waals surface area contributed by atoms with Crippen LogP contribution in [-0.4, -0.2) is 24.4 Å². The quantitative estimate of drug-likeness (QED) is 0.733. The number of hydrogen-bond donors (Lipinski definition) is 3. The number of hydrogen-bond acceptors (Lipinski definition) is 3. The molecule has 18 heavy (non-hydrogen) atoms. The van der Waals surface area contributed by atoms with E-state index in [4.69, 9.17) is 5.73 Å². The predicted molar refractivity (Wildman–Crippen MR) is 69.4 cm³/mol. The summed E-state index contributed by atoms with van der Waals surface area (Å²) in [5, 5.41) is 5.85. The molecule has 5 heteroatoms. The summed E-state index contributed by atoms with van der Waals surface area (Å²) in [6, 6.07) is 4.86. The molecular formula is C13H17N3O2. The van der Waals surface area contributed by atoms with Gasteiger partial charge in [-0.2, -0.15) is 0 Å². The Balaban J connectivity index is 2.13. The van der Waals surface area contributed by atoms with E-state index in [2.05, 4.69) is 10.6 Å². The molecular weight excluding hydrogens is 230 g/mol. The third-order valence-electron chi connectivity index (χ3n) is 3.08. The van der Waals surface area contributed by atoms with Gasteiger partial charge in [0.05, 0.1) is 0 Å². The van der Waals surface area contributed by atoms with E-state index in [-0.39, 0.29) is 5.91 Å². The van der Waals surface area contributed by atoms with Crippen LogP contribution in [0.2, 0.25) is 0 Å². The summed E-state index contributed by atoms with van der Waals surface area (Å²) in [5.41, 5.74) is 7.89. The zero-order chi connectivity index (χ0) is 13.1. The Morgan fingerprint density at radius 3 is 2.94 bits per heavy atom. The summed E-state index contributed by atoms with van der Waals surface area (Å²) >= 11 is 0. The minimum absolute atomic E-state index is 0.269. The van der Waals surface area contributed by atoms with Crippen LogP contribution in [0.15, 0.2) is 18.2 Å². The van der Waals surface area contributed by atoms with Crippen LogP contribution in [0.1, 0.15) is 29.3 Å². The van der Waals surface area contributed by atoms with Crippen LogP contribution in [0.4, 0.5) is 5.69 Å². The third-order valence-corrected chi connectivity index (χ3v) is 3.08. The van der Waals surface area contributed by atoms with Crippen molar-refractivity contribution in [3.63, 3.8) is 0 Å². The Morgan fingerprint density at radius 2 is 2.22 bits per heavy atom. The number of aryl methyl sites for hydroxylation is 1. The maximum Gasteiger partial charge on any atom is 0.251 e. The lowest BCUT2D eigenvalue weighted by Gasteiger charge is -2.19. The lowest BCUT2D eigenvalue weighted by Crippen LogP contribution is -2.42. The SMILES string of the molecule is CC(NC(=O)c1ccc2c(c1)CCCN2)C(N)=O. The van der Waals surface area contributed by atoms with Crippen LogP contribution >= 0.6 is 0 Å². The van der Waals surface area contributed by atoms with E-state index in [9.17, 15) is 9.59 Å². The van der Waals surface area contributed by atoms with E-state index in [0.29, 0.717) is 5.56 Å². The Labute approximate surface area is 106 Å². The van der Waals surface area contributed by atoms with Gasteiger partial charge in [-0.25, -0.2) is 0 Å². The minimum Gasteiger partial charge on any atom is -0.385 e. The van der Waals surface area contributed by atoms with Crippen molar-refractivity contribution in [2.45, 2.75) is 25.8 Å². The molecule has 1 aliphatic heterocycles. The van der Waals surface area contributed by atoms with E-state index in [1.807, 2.05) is 12.1 Å². The van der Waals surface area contributed by atoms with Gasteiger partial charge in [-0.05, 0) is 43.5 Å². The van der Waals surface area contributed by atoms with E-state index in [1.54, 1.807) is 13.0 Å². The number of nitrogens with one attached hydrogen (secondary N) is 2. The number of carbonyl (C=O) groups is 2. The molecule has 1 unspecified atom stereocenters. The molecule has 0 fully saturated rings. The van der Waals surface area contributed by atoms with Crippen LogP contribution in [0.5, 0.6) is 0 Å².